The number of benzene rings is 3. The number of fused-ring (bicyclic) bond motifs is 1. The first-order valence-corrected chi connectivity index (χ1v) is 10.7. The van der Waals surface area contributed by atoms with Crippen molar-refractivity contribution >= 4 is 26.7 Å². The molecule has 0 aliphatic carbocycles. The molecule has 2 atom stereocenters. The normalized spacial score (nSPS) is 13.6. The van der Waals surface area contributed by atoms with E-state index in [-0.39, 0.29) is 10.9 Å². The maximum atomic E-state index is 12.6. The summed E-state index contributed by atoms with van der Waals surface area (Å²) in [6.45, 7) is 3.40. The summed E-state index contributed by atoms with van der Waals surface area (Å²) in [4.78, 5) is 12.7. The molecular formula is C22H24N2O4S. The number of carbonyl (C=O) groups excluding carboxylic acids is 1. The van der Waals surface area contributed by atoms with E-state index >= 15 is 0 Å². The van der Waals surface area contributed by atoms with Crippen LogP contribution in [-0.2, 0) is 14.8 Å². The standard InChI is InChI=1S/C22H24N2O4S/c1-15(20-10-6-8-17-7-4-5-9-21(17)20)23-22(25)16(2)24-29(26,27)19-13-11-18(28-3)12-14-19/h4-16,24H,1-3H3,(H,23,25)/t15?,16-/m0/s1. The van der Waals surface area contributed by atoms with Crippen LogP contribution < -0.4 is 14.8 Å². The number of methoxy groups -OCH3 is 1. The van der Waals surface area contributed by atoms with Gasteiger partial charge in [-0.05, 0) is 54.4 Å². The van der Waals surface area contributed by atoms with Gasteiger partial charge >= 0.3 is 0 Å². The summed E-state index contributed by atoms with van der Waals surface area (Å²) in [6, 6.07) is 18.6. The third-order valence-corrected chi connectivity index (χ3v) is 6.30. The van der Waals surface area contributed by atoms with Crippen LogP contribution in [0.15, 0.2) is 71.6 Å². The molecule has 29 heavy (non-hydrogen) atoms. The second kappa shape index (κ2) is 8.63. The van der Waals surface area contributed by atoms with E-state index in [0.717, 1.165) is 16.3 Å². The van der Waals surface area contributed by atoms with Gasteiger partial charge in [0.2, 0.25) is 15.9 Å². The fourth-order valence-corrected chi connectivity index (χ4v) is 4.36. The van der Waals surface area contributed by atoms with Crippen LogP contribution in [0.1, 0.15) is 25.5 Å². The molecule has 7 heteroatoms. The van der Waals surface area contributed by atoms with E-state index in [2.05, 4.69) is 10.0 Å². The summed E-state index contributed by atoms with van der Waals surface area (Å²) in [5, 5.41) is 5.03. The number of rotatable bonds is 7. The molecule has 0 aliphatic heterocycles. The average Bonchev–Trinajstić information content (AvgIpc) is 2.72. The van der Waals surface area contributed by atoms with Crippen molar-refractivity contribution in [2.45, 2.75) is 30.8 Å². The minimum absolute atomic E-state index is 0.0695. The van der Waals surface area contributed by atoms with Gasteiger partial charge in [0, 0.05) is 0 Å². The van der Waals surface area contributed by atoms with Crippen LogP contribution in [-0.4, -0.2) is 27.5 Å². The van der Waals surface area contributed by atoms with Crippen molar-refractivity contribution in [1.82, 2.24) is 10.0 Å². The predicted octanol–water partition coefficient (Wildman–Crippen LogP) is 3.39. The lowest BCUT2D eigenvalue weighted by atomic mass is 9.99. The van der Waals surface area contributed by atoms with Gasteiger partial charge in [-0.25, -0.2) is 8.42 Å². The van der Waals surface area contributed by atoms with Gasteiger partial charge in [0.15, 0.2) is 0 Å². The quantitative estimate of drug-likeness (QED) is 0.623. The molecule has 1 amide bonds. The van der Waals surface area contributed by atoms with Crippen molar-refractivity contribution < 1.29 is 17.9 Å². The first kappa shape index (κ1) is 20.8. The molecule has 3 aromatic carbocycles. The van der Waals surface area contributed by atoms with Crippen LogP contribution in [0.3, 0.4) is 0 Å². The van der Waals surface area contributed by atoms with Crippen molar-refractivity contribution in [3.63, 3.8) is 0 Å². The Kier molecular flexibility index (Phi) is 6.20. The molecule has 0 spiro atoms. The first-order chi connectivity index (χ1) is 13.8. The van der Waals surface area contributed by atoms with E-state index in [1.165, 1.54) is 26.2 Å². The molecule has 0 aromatic heterocycles. The second-order valence-corrected chi connectivity index (χ2v) is 8.53. The van der Waals surface area contributed by atoms with Crippen LogP contribution in [0.25, 0.3) is 10.8 Å². The molecule has 3 rings (SSSR count). The molecule has 0 heterocycles. The lowest BCUT2D eigenvalue weighted by molar-refractivity contribution is -0.123. The molecular weight excluding hydrogens is 388 g/mol. The van der Waals surface area contributed by atoms with Gasteiger partial charge in [-0.3, -0.25) is 4.79 Å². The highest BCUT2D eigenvalue weighted by atomic mass is 32.2. The third-order valence-electron chi connectivity index (χ3n) is 4.74. The maximum Gasteiger partial charge on any atom is 0.241 e. The average molecular weight is 413 g/mol. The molecule has 0 radical (unpaired) electrons. The summed E-state index contributed by atoms with van der Waals surface area (Å²) in [5.74, 6) is 0.154. The van der Waals surface area contributed by atoms with Crippen molar-refractivity contribution in [2.75, 3.05) is 7.11 Å². The summed E-state index contributed by atoms with van der Waals surface area (Å²) in [5.41, 5.74) is 0.974. The van der Waals surface area contributed by atoms with Crippen molar-refractivity contribution in [2.24, 2.45) is 0 Å². The molecule has 6 nitrogen and oxygen atoms in total. The summed E-state index contributed by atoms with van der Waals surface area (Å²) >= 11 is 0. The Labute approximate surface area is 170 Å². The highest BCUT2D eigenvalue weighted by molar-refractivity contribution is 7.89. The Morgan fingerprint density at radius 2 is 1.59 bits per heavy atom. The minimum atomic E-state index is -3.83. The third kappa shape index (κ3) is 4.75. The molecule has 0 saturated carbocycles. The number of nitrogens with one attached hydrogen (secondary N) is 2. The van der Waals surface area contributed by atoms with E-state index in [1.54, 1.807) is 12.1 Å². The predicted molar refractivity (Wildman–Crippen MR) is 113 cm³/mol. The fourth-order valence-electron chi connectivity index (χ4n) is 3.15. The van der Waals surface area contributed by atoms with Crippen LogP contribution in [0.4, 0.5) is 0 Å². The topological polar surface area (TPSA) is 84.5 Å². The first-order valence-electron chi connectivity index (χ1n) is 9.26. The smallest absolute Gasteiger partial charge is 0.241 e. The number of ether oxygens (including phenoxy) is 1. The Morgan fingerprint density at radius 3 is 2.28 bits per heavy atom. The lowest BCUT2D eigenvalue weighted by Crippen LogP contribution is -2.45. The molecule has 2 N–H and O–H groups in total. The van der Waals surface area contributed by atoms with Crippen LogP contribution in [0.2, 0.25) is 0 Å². The van der Waals surface area contributed by atoms with Crippen LogP contribution in [0.5, 0.6) is 5.75 Å². The Morgan fingerprint density at radius 1 is 0.931 bits per heavy atom. The monoisotopic (exact) mass is 412 g/mol. The van der Waals surface area contributed by atoms with Gasteiger partial charge < -0.3 is 10.1 Å². The largest absolute Gasteiger partial charge is 0.497 e. The number of amides is 1. The number of sulfonamides is 1. The zero-order valence-electron chi connectivity index (χ0n) is 16.5. The SMILES string of the molecule is COc1ccc(S(=O)(=O)N[C@@H](C)C(=O)NC(C)c2cccc3ccccc23)cc1. The Bertz CT molecular complexity index is 1110. The maximum absolute atomic E-state index is 12.6. The van der Waals surface area contributed by atoms with Gasteiger partial charge in [0.1, 0.15) is 5.75 Å². The van der Waals surface area contributed by atoms with E-state index < -0.39 is 22.0 Å². The number of hydrogen-bond acceptors (Lipinski definition) is 4. The van der Waals surface area contributed by atoms with Gasteiger partial charge in [0.25, 0.3) is 0 Å². The zero-order chi connectivity index (χ0) is 21.0. The lowest BCUT2D eigenvalue weighted by Gasteiger charge is -2.20. The molecule has 0 aliphatic rings. The summed E-state index contributed by atoms with van der Waals surface area (Å²) < 4.78 is 32.6. The summed E-state index contributed by atoms with van der Waals surface area (Å²) in [7, 11) is -2.33. The Balaban J connectivity index is 1.71. The van der Waals surface area contributed by atoms with Crippen molar-refractivity contribution in [3.8, 4) is 5.75 Å². The molecule has 0 fully saturated rings. The highest BCUT2D eigenvalue weighted by Gasteiger charge is 2.23. The Hall–Kier alpha value is -2.90. The van der Waals surface area contributed by atoms with Crippen molar-refractivity contribution in [3.05, 3.63) is 72.3 Å². The molecule has 1 unspecified atom stereocenters. The van der Waals surface area contributed by atoms with Gasteiger partial charge in [-0.2, -0.15) is 4.72 Å². The number of hydrogen-bond donors (Lipinski definition) is 2. The van der Waals surface area contributed by atoms with E-state index in [4.69, 9.17) is 4.74 Å². The molecule has 152 valence electrons. The molecule has 0 saturated heterocycles. The van der Waals surface area contributed by atoms with Gasteiger partial charge in [-0.15, -0.1) is 0 Å². The van der Waals surface area contributed by atoms with E-state index in [9.17, 15) is 13.2 Å². The van der Waals surface area contributed by atoms with Crippen molar-refractivity contribution in [1.29, 1.82) is 0 Å². The van der Waals surface area contributed by atoms with Gasteiger partial charge in [0.05, 0.1) is 24.1 Å². The van der Waals surface area contributed by atoms with E-state index in [0.29, 0.717) is 5.75 Å². The second-order valence-electron chi connectivity index (χ2n) is 6.82. The van der Waals surface area contributed by atoms with Gasteiger partial charge in [-0.1, -0.05) is 42.5 Å². The van der Waals surface area contributed by atoms with Crippen LogP contribution in [0, 0.1) is 0 Å². The minimum Gasteiger partial charge on any atom is -0.497 e. The van der Waals surface area contributed by atoms with Crippen LogP contribution >= 0.6 is 0 Å². The summed E-state index contributed by atoms with van der Waals surface area (Å²) in [6.07, 6.45) is 0. The molecule has 0 bridgehead atoms. The number of carbonyl (C=O) groups is 1. The van der Waals surface area contributed by atoms with E-state index in [1.807, 2.05) is 49.4 Å². The fraction of sp³-hybridized carbons (Fsp3) is 0.227. The molecule has 3 aromatic rings. The zero-order valence-corrected chi connectivity index (χ0v) is 17.4. The highest BCUT2D eigenvalue weighted by Crippen LogP contribution is 2.24.